The van der Waals surface area contributed by atoms with Gasteiger partial charge in [0.25, 0.3) is 0 Å². The molecule has 0 aliphatic carbocycles. The highest BCUT2D eigenvalue weighted by Gasteiger charge is 2.35. The first-order chi connectivity index (χ1) is 47.6. The van der Waals surface area contributed by atoms with Crippen molar-refractivity contribution in [3.05, 3.63) is 193 Å². The molecule has 6 rings (SSSR count). The van der Waals surface area contributed by atoms with Crippen LogP contribution >= 0.6 is 0 Å². The number of carbonyl (C=O) groups excluding carboxylic acids is 1. The summed E-state index contributed by atoms with van der Waals surface area (Å²) in [6.07, 6.45) is 13.1. The Kier molecular flexibility index (Phi) is 33.9. The van der Waals surface area contributed by atoms with Crippen molar-refractivity contribution in [2.45, 2.75) is 280 Å². The molecule has 0 bridgehead atoms. The molecule has 0 fully saturated rings. The number of phenols is 1. The van der Waals surface area contributed by atoms with Crippen LogP contribution in [0.15, 0.2) is 109 Å². The average Bonchev–Trinajstić information content (AvgIpc) is 0.785. The van der Waals surface area contributed by atoms with Gasteiger partial charge in [0.2, 0.25) is 0 Å². The van der Waals surface area contributed by atoms with Gasteiger partial charge >= 0.3 is 11.9 Å². The van der Waals surface area contributed by atoms with Crippen LogP contribution in [0, 0.1) is 77.1 Å². The monoisotopic (exact) mass is 1360 g/mol. The maximum atomic E-state index is 11.5. The lowest BCUT2D eigenvalue weighted by atomic mass is 9.70. The Bertz CT molecular complexity index is 3790. The maximum absolute atomic E-state index is 11.5. The molecule has 0 heterocycles. The fourth-order valence-corrected chi connectivity index (χ4v) is 13.4. The molecular weight excluding hydrogens is 1240 g/mol. The topological polar surface area (TPSA) is 163 Å². The van der Waals surface area contributed by atoms with Gasteiger partial charge in [-0.1, -0.05) is 191 Å². The lowest BCUT2D eigenvalue weighted by Crippen LogP contribution is -2.26. The fourth-order valence-electron chi connectivity index (χ4n) is 13.4. The maximum Gasteiger partial charge on any atom is 0.305 e. The second-order valence-corrected chi connectivity index (χ2v) is 27.2. The Morgan fingerprint density at radius 2 is 0.640 bits per heavy atom. The Labute approximate surface area is 603 Å². The molecule has 6 aromatic rings. The molecule has 0 aliphatic heterocycles. The highest BCUT2D eigenvalue weighted by molar-refractivity contribution is 5.69. The molecule has 0 atom stereocenters. The second kappa shape index (κ2) is 40.0. The predicted octanol–water partition coefficient (Wildman–Crippen LogP) is 20.4. The van der Waals surface area contributed by atoms with Crippen molar-refractivity contribution in [3.8, 4) is 52.8 Å². The number of unbranched alkanes of at least 4 members (excludes halogenated alkanes) is 2. The number of aromatic hydroxyl groups is 1. The van der Waals surface area contributed by atoms with Crippen LogP contribution in [0.25, 0.3) is 0 Å². The minimum atomic E-state index is -0.931. The molecule has 5 N–H and O–H groups in total. The molecule has 0 radical (unpaired) electrons. The van der Waals surface area contributed by atoms with Crippen molar-refractivity contribution in [2.24, 2.45) is 0 Å². The van der Waals surface area contributed by atoms with Crippen LogP contribution in [0.4, 0.5) is 0 Å². The number of rotatable bonds is 31. The molecular formula is C90H122O10. The van der Waals surface area contributed by atoms with E-state index >= 15 is 0 Å². The van der Waals surface area contributed by atoms with Crippen molar-refractivity contribution in [3.63, 3.8) is 0 Å². The third-order valence-electron chi connectivity index (χ3n) is 21.3. The van der Waals surface area contributed by atoms with Crippen molar-refractivity contribution in [2.75, 3.05) is 19.8 Å². The van der Waals surface area contributed by atoms with Crippen LogP contribution in [-0.2, 0) is 30.6 Å². The molecule has 0 spiro atoms. The summed E-state index contributed by atoms with van der Waals surface area (Å²) < 4.78 is 17.0. The summed E-state index contributed by atoms with van der Waals surface area (Å²) in [5, 5.41) is 50.2. The minimum Gasteiger partial charge on any atom is -0.508 e. The van der Waals surface area contributed by atoms with Gasteiger partial charge < -0.3 is 39.7 Å². The van der Waals surface area contributed by atoms with Crippen molar-refractivity contribution in [1.82, 2.24) is 0 Å². The number of aliphatic carboxylic acids is 1. The molecule has 542 valence electrons. The largest absolute Gasteiger partial charge is 0.508 e. The highest BCUT2D eigenvalue weighted by atomic mass is 16.5. The van der Waals surface area contributed by atoms with Crippen LogP contribution in [0.2, 0.25) is 0 Å². The molecule has 0 unspecified atom stereocenters. The Balaban J connectivity index is 0.000000321. The molecule has 6 aromatic carbocycles. The van der Waals surface area contributed by atoms with E-state index in [9.17, 15) is 30.0 Å². The van der Waals surface area contributed by atoms with E-state index in [2.05, 4.69) is 203 Å². The molecule has 100 heavy (non-hydrogen) atoms. The molecule has 0 aliphatic rings. The molecule has 0 saturated carbocycles. The lowest BCUT2D eigenvalue weighted by Gasteiger charge is -2.34. The van der Waals surface area contributed by atoms with Crippen LogP contribution < -0.4 is 9.47 Å². The standard InChI is InChI=1S/C33H46O4.C31H42O4.C26H34O2/c1-8-32(35,9-2)21-20-27-16-17-28(23-25(27)6)33(10-3,11-4)29-18-19-30(26(7)24-29)37-22-14-13-15-31(34)36-12-5;1-7-30(34,8-2)19-18-25-14-15-26(21-23(25)5)31(9-3,10-4)27-16-17-28(24(6)22-27)35-20-12-11-13-29(32)33;1-7-25(28,8-2)16-15-21-11-12-22(17-19(21)5)26(9-3,10-4)23-13-14-24(27)20(6)18-23/h16-19,23-24,35H,8-15,22H2,1-7H3;14-17,21-22,34H,7-13,20H2,1-6H3,(H,32,33);11-14,17-18,27-28H,7-10H2,1-6H3. The Morgan fingerprint density at radius 3 is 0.900 bits per heavy atom. The molecule has 10 nitrogen and oxygen atoms in total. The smallest absolute Gasteiger partial charge is 0.305 e. The zero-order chi connectivity index (χ0) is 74.5. The zero-order valence-corrected chi connectivity index (χ0v) is 64.5. The SMILES string of the molecule is CCC(O)(C#Cc1ccc(C(CC)(CC)c2ccc(O)c(C)c2)cc1C)CC.CCC(O)(C#Cc1ccc(C(CC)(CC)c2ccc(OCCCCC(=O)O)c(C)c2)cc1C)CC.CCOC(=O)CCCCOc1ccc(C(CC)(CC)c2ccc(C#CC(O)(CC)CC)c(C)c2)cc1C. The number of esters is 1. The summed E-state index contributed by atoms with van der Waals surface area (Å²) in [5.74, 6) is 20.0. The third-order valence-corrected chi connectivity index (χ3v) is 21.3. The number of carboxylic acids is 1. The van der Waals surface area contributed by atoms with Gasteiger partial charge in [0.05, 0.1) is 19.8 Å². The second-order valence-electron chi connectivity index (χ2n) is 27.2. The van der Waals surface area contributed by atoms with Gasteiger partial charge in [-0.3, -0.25) is 9.59 Å². The Morgan fingerprint density at radius 1 is 0.360 bits per heavy atom. The molecule has 10 heteroatoms. The highest BCUT2D eigenvalue weighted by Crippen LogP contribution is 2.44. The van der Waals surface area contributed by atoms with Crippen molar-refractivity contribution >= 4 is 11.9 Å². The number of benzene rings is 6. The van der Waals surface area contributed by atoms with E-state index in [-0.39, 0.29) is 28.6 Å². The quantitative estimate of drug-likeness (QED) is 0.0161. The van der Waals surface area contributed by atoms with Gasteiger partial charge in [-0.25, -0.2) is 0 Å². The van der Waals surface area contributed by atoms with E-state index in [0.717, 1.165) is 119 Å². The number of phenolic OH excluding ortho intramolecular Hbond substituents is 1. The number of hydrogen-bond donors (Lipinski definition) is 5. The van der Waals surface area contributed by atoms with Gasteiger partial charge in [0.1, 0.15) is 34.1 Å². The van der Waals surface area contributed by atoms with Crippen molar-refractivity contribution < 1.29 is 49.3 Å². The molecule has 0 aromatic heterocycles. The van der Waals surface area contributed by atoms with E-state index in [1.807, 2.05) is 67.5 Å². The summed E-state index contributed by atoms with van der Waals surface area (Å²) >= 11 is 0. The number of carboxylic acid groups (broad SMARTS) is 1. The number of carbonyl (C=O) groups is 2. The van der Waals surface area contributed by atoms with E-state index in [4.69, 9.17) is 19.3 Å². The van der Waals surface area contributed by atoms with E-state index < -0.39 is 22.8 Å². The van der Waals surface area contributed by atoms with Crippen LogP contribution in [0.3, 0.4) is 0 Å². The van der Waals surface area contributed by atoms with Gasteiger partial charge in [0, 0.05) is 45.8 Å². The van der Waals surface area contributed by atoms with Gasteiger partial charge in [-0.2, -0.15) is 0 Å². The van der Waals surface area contributed by atoms with E-state index in [1.165, 1.54) is 33.4 Å². The summed E-state index contributed by atoms with van der Waals surface area (Å²) in [7, 11) is 0. The van der Waals surface area contributed by atoms with Crippen LogP contribution in [0.1, 0.15) is 289 Å². The van der Waals surface area contributed by atoms with Crippen LogP contribution in [-0.4, -0.2) is 74.1 Å². The minimum absolute atomic E-state index is 0.0945. The molecule has 0 amide bonds. The average molecular weight is 1360 g/mol. The van der Waals surface area contributed by atoms with Gasteiger partial charge in [-0.05, 0) is 254 Å². The first-order valence-electron chi connectivity index (χ1n) is 37.3. The summed E-state index contributed by atoms with van der Waals surface area (Å²) in [6.45, 7) is 40.9. The predicted molar refractivity (Wildman–Crippen MR) is 413 cm³/mol. The Hall–Kier alpha value is -7.78. The number of ether oxygens (including phenoxy) is 3. The first-order valence-corrected chi connectivity index (χ1v) is 37.3. The first kappa shape index (κ1) is 84.6. The van der Waals surface area contributed by atoms with E-state index in [0.29, 0.717) is 76.9 Å². The summed E-state index contributed by atoms with van der Waals surface area (Å²) in [6, 6.07) is 38.5. The normalized spacial score (nSPS) is 11.7. The summed E-state index contributed by atoms with van der Waals surface area (Å²) in [5.41, 5.74) is 13.9. The van der Waals surface area contributed by atoms with Crippen molar-refractivity contribution in [1.29, 1.82) is 0 Å². The number of aryl methyl sites for hydroxylation is 6. The van der Waals surface area contributed by atoms with Gasteiger partial charge in [-0.15, -0.1) is 0 Å². The number of aliphatic hydroxyl groups is 3. The van der Waals surface area contributed by atoms with Crippen LogP contribution in [0.5, 0.6) is 17.2 Å². The molecule has 0 saturated heterocycles. The summed E-state index contributed by atoms with van der Waals surface area (Å²) in [4.78, 5) is 22.2. The van der Waals surface area contributed by atoms with E-state index in [1.54, 1.807) is 6.07 Å². The third kappa shape index (κ3) is 22.4. The van der Waals surface area contributed by atoms with Gasteiger partial charge in [0.15, 0.2) is 0 Å². The zero-order valence-electron chi connectivity index (χ0n) is 64.5. The lowest BCUT2D eigenvalue weighted by molar-refractivity contribution is -0.143. The number of hydrogen-bond acceptors (Lipinski definition) is 9. The fraction of sp³-hybridized carbons (Fsp3) is 0.511.